The maximum absolute atomic E-state index is 5.83. The van der Waals surface area contributed by atoms with Gasteiger partial charge >= 0.3 is 0 Å². The lowest BCUT2D eigenvalue weighted by Gasteiger charge is -2.39. The normalized spacial score (nSPS) is 21.2. The molecule has 6 heteroatoms. The average Bonchev–Trinajstić information content (AvgIpc) is 2.85. The first-order chi connectivity index (χ1) is 8.38. The molecule has 0 aliphatic carbocycles. The third-order valence-electron chi connectivity index (χ3n) is 4.14. The molecule has 20 heavy (non-hydrogen) atoms. The number of hydrogen-bond donors (Lipinski definition) is 1. The standard InChI is InChI=1S/C14H21N3.3ClH/c15-10-12-4-1-2-6-14(12)17-9-8-16-7-3-5-13(16)11-17;;;/h1-2,4,6,13H,3,5,7-11,15H2;3*1H. The van der Waals surface area contributed by atoms with Gasteiger partial charge < -0.3 is 10.6 Å². The zero-order valence-corrected chi connectivity index (χ0v) is 14.0. The number of nitrogens with zero attached hydrogens (tertiary/aromatic N) is 2. The van der Waals surface area contributed by atoms with Crippen LogP contribution in [0.5, 0.6) is 0 Å². The lowest BCUT2D eigenvalue weighted by molar-refractivity contribution is 0.231. The van der Waals surface area contributed by atoms with Gasteiger partial charge in [0.25, 0.3) is 0 Å². The van der Waals surface area contributed by atoms with Crippen LogP contribution < -0.4 is 10.6 Å². The summed E-state index contributed by atoms with van der Waals surface area (Å²) in [6.45, 7) is 5.48. The van der Waals surface area contributed by atoms with E-state index in [0.29, 0.717) is 6.54 Å². The van der Waals surface area contributed by atoms with Gasteiger partial charge in [-0.2, -0.15) is 0 Å². The Morgan fingerprint density at radius 3 is 2.55 bits per heavy atom. The van der Waals surface area contributed by atoms with Gasteiger partial charge in [0, 0.05) is 37.9 Å². The first-order valence-electron chi connectivity index (χ1n) is 6.65. The van der Waals surface area contributed by atoms with E-state index in [1.807, 2.05) is 0 Å². The lowest BCUT2D eigenvalue weighted by Crippen LogP contribution is -2.50. The minimum Gasteiger partial charge on any atom is -0.368 e. The number of para-hydroxylation sites is 1. The Kier molecular flexibility index (Phi) is 8.87. The van der Waals surface area contributed by atoms with Gasteiger partial charge in [-0.25, -0.2) is 0 Å². The van der Waals surface area contributed by atoms with Crippen molar-refractivity contribution in [3.63, 3.8) is 0 Å². The summed E-state index contributed by atoms with van der Waals surface area (Å²) in [5.41, 5.74) is 8.45. The van der Waals surface area contributed by atoms with Gasteiger partial charge in [0.05, 0.1) is 0 Å². The van der Waals surface area contributed by atoms with Crippen LogP contribution in [0.4, 0.5) is 5.69 Å². The highest BCUT2D eigenvalue weighted by atomic mass is 35.5. The van der Waals surface area contributed by atoms with Crippen molar-refractivity contribution >= 4 is 42.9 Å². The molecule has 0 bridgehead atoms. The maximum Gasteiger partial charge on any atom is 0.0412 e. The van der Waals surface area contributed by atoms with E-state index in [9.17, 15) is 0 Å². The van der Waals surface area contributed by atoms with Crippen molar-refractivity contribution in [3.8, 4) is 0 Å². The van der Waals surface area contributed by atoms with Crippen LogP contribution in [-0.4, -0.2) is 37.1 Å². The van der Waals surface area contributed by atoms with Crippen LogP contribution in [0.25, 0.3) is 0 Å². The summed E-state index contributed by atoms with van der Waals surface area (Å²) in [5, 5.41) is 0. The van der Waals surface area contributed by atoms with E-state index in [-0.39, 0.29) is 37.2 Å². The largest absolute Gasteiger partial charge is 0.368 e. The van der Waals surface area contributed by atoms with E-state index in [0.717, 1.165) is 12.6 Å². The monoisotopic (exact) mass is 339 g/mol. The molecule has 0 amide bonds. The Morgan fingerprint density at radius 2 is 1.80 bits per heavy atom. The van der Waals surface area contributed by atoms with E-state index in [1.54, 1.807) is 0 Å². The number of piperazine rings is 1. The van der Waals surface area contributed by atoms with Crippen molar-refractivity contribution in [2.75, 3.05) is 31.1 Å². The average molecular weight is 341 g/mol. The predicted molar refractivity (Wildman–Crippen MR) is 92.9 cm³/mol. The van der Waals surface area contributed by atoms with Crippen molar-refractivity contribution < 1.29 is 0 Å². The molecule has 116 valence electrons. The van der Waals surface area contributed by atoms with Crippen molar-refractivity contribution in [2.45, 2.75) is 25.4 Å². The van der Waals surface area contributed by atoms with Crippen molar-refractivity contribution in [1.29, 1.82) is 0 Å². The minimum atomic E-state index is 0. The second-order valence-electron chi connectivity index (χ2n) is 5.11. The number of halogens is 3. The van der Waals surface area contributed by atoms with E-state index < -0.39 is 0 Å². The third-order valence-corrected chi connectivity index (χ3v) is 4.14. The number of benzene rings is 1. The van der Waals surface area contributed by atoms with Gasteiger partial charge in [-0.05, 0) is 31.0 Å². The van der Waals surface area contributed by atoms with Crippen molar-refractivity contribution in [2.24, 2.45) is 5.73 Å². The second kappa shape index (κ2) is 8.96. The Balaban J connectivity index is 0.00000120. The first kappa shape index (κ1) is 19.8. The van der Waals surface area contributed by atoms with Crippen LogP contribution in [0, 0.1) is 0 Å². The Labute approximate surface area is 140 Å². The molecule has 2 heterocycles. The number of hydrogen-bond acceptors (Lipinski definition) is 3. The highest BCUT2D eigenvalue weighted by molar-refractivity contribution is 5.86. The lowest BCUT2D eigenvalue weighted by atomic mass is 10.1. The minimum absolute atomic E-state index is 0. The van der Waals surface area contributed by atoms with Crippen LogP contribution in [-0.2, 0) is 6.54 Å². The molecular formula is C14H24Cl3N3. The molecule has 2 fully saturated rings. The fourth-order valence-electron chi connectivity index (χ4n) is 3.20. The van der Waals surface area contributed by atoms with Gasteiger partial charge in [0.2, 0.25) is 0 Å². The summed E-state index contributed by atoms with van der Waals surface area (Å²) in [6.07, 6.45) is 2.73. The molecule has 0 radical (unpaired) electrons. The zero-order chi connectivity index (χ0) is 11.7. The quantitative estimate of drug-likeness (QED) is 0.898. The number of anilines is 1. The molecule has 0 aromatic heterocycles. The van der Waals surface area contributed by atoms with Crippen LogP contribution in [0.15, 0.2) is 24.3 Å². The summed E-state index contributed by atoms with van der Waals surface area (Å²) in [5.74, 6) is 0. The Hall–Kier alpha value is -0.190. The van der Waals surface area contributed by atoms with Gasteiger partial charge in [-0.3, -0.25) is 4.90 Å². The molecule has 1 aromatic carbocycles. The SMILES string of the molecule is Cl.Cl.Cl.NCc1ccccc1N1CCN2CCCC2C1. The maximum atomic E-state index is 5.83. The van der Waals surface area contributed by atoms with Crippen LogP contribution in [0.1, 0.15) is 18.4 Å². The predicted octanol–water partition coefficient (Wildman–Crippen LogP) is 2.70. The summed E-state index contributed by atoms with van der Waals surface area (Å²) in [7, 11) is 0. The van der Waals surface area contributed by atoms with E-state index in [4.69, 9.17) is 5.73 Å². The molecule has 3 rings (SSSR count). The number of nitrogens with two attached hydrogens (primary N) is 1. The number of fused-ring (bicyclic) bond motifs is 1. The van der Waals surface area contributed by atoms with Gasteiger partial charge in [0.15, 0.2) is 0 Å². The molecule has 1 atom stereocenters. The number of rotatable bonds is 2. The molecular weight excluding hydrogens is 317 g/mol. The molecule has 0 spiro atoms. The molecule has 2 aliphatic heterocycles. The summed E-state index contributed by atoms with van der Waals surface area (Å²) in [6, 6.07) is 9.34. The van der Waals surface area contributed by atoms with Gasteiger partial charge in [-0.15, -0.1) is 37.2 Å². The third kappa shape index (κ3) is 3.92. The highest BCUT2D eigenvalue weighted by Crippen LogP contribution is 2.27. The fraction of sp³-hybridized carbons (Fsp3) is 0.571. The second-order valence-corrected chi connectivity index (χ2v) is 5.11. The van der Waals surface area contributed by atoms with E-state index in [1.165, 1.54) is 43.7 Å². The van der Waals surface area contributed by atoms with Crippen molar-refractivity contribution in [1.82, 2.24) is 4.90 Å². The van der Waals surface area contributed by atoms with Gasteiger partial charge in [0.1, 0.15) is 0 Å². The van der Waals surface area contributed by atoms with Crippen LogP contribution in [0.3, 0.4) is 0 Å². The zero-order valence-electron chi connectivity index (χ0n) is 11.5. The molecule has 2 saturated heterocycles. The van der Waals surface area contributed by atoms with E-state index in [2.05, 4.69) is 34.1 Å². The molecule has 3 nitrogen and oxygen atoms in total. The summed E-state index contributed by atoms with van der Waals surface area (Å²) in [4.78, 5) is 5.16. The molecule has 1 aromatic rings. The molecule has 2 aliphatic rings. The Morgan fingerprint density at radius 1 is 1.05 bits per heavy atom. The molecule has 1 unspecified atom stereocenters. The fourth-order valence-corrected chi connectivity index (χ4v) is 3.20. The summed E-state index contributed by atoms with van der Waals surface area (Å²) < 4.78 is 0. The molecule has 0 saturated carbocycles. The van der Waals surface area contributed by atoms with E-state index >= 15 is 0 Å². The van der Waals surface area contributed by atoms with Gasteiger partial charge in [-0.1, -0.05) is 18.2 Å². The highest BCUT2D eigenvalue weighted by Gasteiger charge is 2.30. The smallest absolute Gasteiger partial charge is 0.0412 e. The van der Waals surface area contributed by atoms with Crippen molar-refractivity contribution in [3.05, 3.63) is 29.8 Å². The van der Waals surface area contributed by atoms with Crippen LogP contribution >= 0.6 is 37.2 Å². The first-order valence-corrected chi connectivity index (χ1v) is 6.65. The Bertz CT molecular complexity index is 403. The summed E-state index contributed by atoms with van der Waals surface area (Å²) >= 11 is 0. The van der Waals surface area contributed by atoms with Crippen LogP contribution in [0.2, 0.25) is 0 Å². The molecule has 2 N–H and O–H groups in total. The topological polar surface area (TPSA) is 32.5 Å².